The maximum absolute atomic E-state index is 10.9. The van der Waals surface area contributed by atoms with E-state index < -0.39 is 5.97 Å². The van der Waals surface area contributed by atoms with E-state index in [2.05, 4.69) is 12.2 Å². The Morgan fingerprint density at radius 1 is 1.29 bits per heavy atom. The summed E-state index contributed by atoms with van der Waals surface area (Å²) in [5.41, 5.74) is 0.0395. The highest BCUT2D eigenvalue weighted by Crippen LogP contribution is 2.38. The van der Waals surface area contributed by atoms with Crippen LogP contribution in [0.15, 0.2) is 0 Å². The van der Waals surface area contributed by atoms with Crippen LogP contribution in [0.25, 0.3) is 0 Å². The standard InChI is InChI=1S/C13H25NO2.ClH/c1-2-3-9-14-11-13(10-12(15)16)7-5-4-6-8-13;/h14H,2-11H2,1H3,(H,15,16);1H. The smallest absolute Gasteiger partial charge is 0.303 e. The van der Waals surface area contributed by atoms with Gasteiger partial charge in [-0.25, -0.2) is 0 Å². The first-order valence-electron chi connectivity index (χ1n) is 6.61. The Morgan fingerprint density at radius 3 is 2.47 bits per heavy atom. The zero-order chi connectivity index (χ0) is 11.9. The Kier molecular flexibility index (Phi) is 8.61. The van der Waals surface area contributed by atoms with Crippen molar-refractivity contribution < 1.29 is 9.90 Å². The Hall–Kier alpha value is -0.280. The van der Waals surface area contributed by atoms with Crippen molar-refractivity contribution in [2.24, 2.45) is 5.41 Å². The lowest BCUT2D eigenvalue weighted by Gasteiger charge is -2.36. The molecule has 2 N–H and O–H groups in total. The number of hydrogen-bond donors (Lipinski definition) is 2. The van der Waals surface area contributed by atoms with E-state index in [4.69, 9.17) is 5.11 Å². The fourth-order valence-electron chi connectivity index (χ4n) is 2.69. The van der Waals surface area contributed by atoms with Crippen LogP contribution in [-0.2, 0) is 4.79 Å². The monoisotopic (exact) mass is 263 g/mol. The highest BCUT2D eigenvalue weighted by Gasteiger charge is 2.33. The minimum Gasteiger partial charge on any atom is -0.481 e. The number of carboxylic acid groups (broad SMARTS) is 1. The van der Waals surface area contributed by atoms with E-state index in [1.165, 1.54) is 32.1 Å². The van der Waals surface area contributed by atoms with E-state index in [-0.39, 0.29) is 17.8 Å². The predicted molar refractivity (Wildman–Crippen MR) is 72.8 cm³/mol. The number of aliphatic carboxylic acids is 1. The van der Waals surface area contributed by atoms with Crippen LogP contribution < -0.4 is 5.32 Å². The first kappa shape index (κ1) is 16.7. The molecule has 0 aromatic rings. The van der Waals surface area contributed by atoms with Crippen molar-refractivity contribution in [1.82, 2.24) is 5.32 Å². The summed E-state index contributed by atoms with van der Waals surface area (Å²) in [6, 6.07) is 0. The van der Waals surface area contributed by atoms with Crippen LogP contribution in [-0.4, -0.2) is 24.2 Å². The van der Waals surface area contributed by atoms with E-state index in [1.54, 1.807) is 0 Å². The molecular weight excluding hydrogens is 238 g/mol. The summed E-state index contributed by atoms with van der Waals surface area (Å²) in [5, 5.41) is 12.4. The summed E-state index contributed by atoms with van der Waals surface area (Å²) in [5.74, 6) is -0.640. The van der Waals surface area contributed by atoms with Crippen LogP contribution in [0.4, 0.5) is 0 Å². The third kappa shape index (κ3) is 6.27. The number of hydrogen-bond acceptors (Lipinski definition) is 2. The van der Waals surface area contributed by atoms with Gasteiger partial charge in [0.05, 0.1) is 6.42 Å². The molecule has 0 spiro atoms. The maximum atomic E-state index is 10.9. The second kappa shape index (κ2) is 8.76. The molecular formula is C13H26ClNO2. The third-order valence-corrected chi connectivity index (χ3v) is 3.65. The van der Waals surface area contributed by atoms with Crippen LogP contribution in [0.5, 0.6) is 0 Å². The Balaban J connectivity index is 0.00000256. The van der Waals surface area contributed by atoms with Crippen molar-refractivity contribution in [3.05, 3.63) is 0 Å². The van der Waals surface area contributed by atoms with E-state index in [0.717, 1.165) is 25.9 Å². The normalized spacial score (nSPS) is 18.4. The zero-order valence-electron chi connectivity index (χ0n) is 10.8. The molecule has 0 aliphatic heterocycles. The first-order chi connectivity index (χ1) is 7.68. The number of rotatable bonds is 7. The number of unbranched alkanes of at least 4 members (excludes halogenated alkanes) is 1. The molecule has 1 aliphatic carbocycles. The molecule has 0 aromatic carbocycles. The second-order valence-electron chi connectivity index (χ2n) is 5.16. The number of nitrogens with one attached hydrogen (secondary N) is 1. The van der Waals surface area contributed by atoms with E-state index in [1.807, 2.05) is 0 Å². The number of halogens is 1. The van der Waals surface area contributed by atoms with Gasteiger partial charge < -0.3 is 10.4 Å². The van der Waals surface area contributed by atoms with E-state index in [9.17, 15) is 4.79 Å². The zero-order valence-corrected chi connectivity index (χ0v) is 11.7. The molecule has 17 heavy (non-hydrogen) atoms. The van der Waals surface area contributed by atoms with Gasteiger partial charge >= 0.3 is 5.97 Å². The van der Waals surface area contributed by atoms with Crippen molar-refractivity contribution in [3.63, 3.8) is 0 Å². The Morgan fingerprint density at radius 2 is 1.94 bits per heavy atom. The van der Waals surface area contributed by atoms with Crippen LogP contribution in [0.1, 0.15) is 58.3 Å². The SMILES string of the molecule is CCCCNCC1(CC(=O)O)CCCCC1.Cl. The maximum Gasteiger partial charge on any atom is 0.303 e. The summed E-state index contributed by atoms with van der Waals surface area (Å²) < 4.78 is 0. The molecule has 0 radical (unpaired) electrons. The molecule has 1 fully saturated rings. The van der Waals surface area contributed by atoms with Gasteiger partial charge in [-0.2, -0.15) is 0 Å². The summed E-state index contributed by atoms with van der Waals surface area (Å²) in [6.45, 7) is 4.09. The molecule has 1 saturated carbocycles. The average molecular weight is 264 g/mol. The van der Waals surface area contributed by atoms with Gasteiger partial charge in [-0.05, 0) is 31.2 Å². The van der Waals surface area contributed by atoms with Crippen LogP contribution in [0, 0.1) is 5.41 Å². The predicted octanol–water partition coefficient (Wildman–Crippen LogP) is 3.22. The molecule has 4 heteroatoms. The van der Waals surface area contributed by atoms with Gasteiger partial charge in [-0.1, -0.05) is 32.6 Å². The fourth-order valence-corrected chi connectivity index (χ4v) is 2.69. The topological polar surface area (TPSA) is 49.3 Å². The lowest BCUT2D eigenvalue weighted by molar-refractivity contribution is -0.140. The number of carbonyl (C=O) groups is 1. The second-order valence-corrected chi connectivity index (χ2v) is 5.16. The van der Waals surface area contributed by atoms with Crippen molar-refractivity contribution in [2.45, 2.75) is 58.3 Å². The van der Waals surface area contributed by atoms with E-state index in [0.29, 0.717) is 6.42 Å². The van der Waals surface area contributed by atoms with Gasteiger partial charge in [0.2, 0.25) is 0 Å². The van der Waals surface area contributed by atoms with Crippen LogP contribution in [0.2, 0.25) is 0 Å². The molecule has 0 amide bonds. The molecule has 1 rings (SSSR count). The lowest BCUT2D eigenvalue weighted by atomic mass is 9.71. The van der Waals surface area contributed by atoms with Gasteiger partial charge in [0, 0.05) is 6.54 Å². The molecule has 102 valence electrons. The summed E-state index contributed by atoms with van der Waals surface area (Å²) >= 11 is 0. The largest absolute Gasteiger partial charge is 0.481 e. The minimum absolute atomic E-state index is 0. The van der Waals surface area contributed by atoms with Crippen molar-refractivity contribution >= 4 is 18.4 Å². The van der Waals surface area contributed by atoms with Crippen molar-refractivity contribution in [3.8, 4) is 0 Å². The highest BCUT2D eigenvalue weighted by atomic mass is 35.5. The molecule has 0 bridgehead atoms. The summed E-state index contributed by atoms with van der Waals surface area (Å²) in [6.07, 6.45) is 8.55. The molecule has 0 atom stereocenters. The Bertz CT molecular complexity index is 215. The molecule has 1 aliphatic rings. The first-order valence-corrected chi connectivity index (χ1v) is 6.61. The minimum atomic E-state index is -0.640. The Labute approximate surface area is 111 Å². The molecule has 0 heterocycles. The molecule has 0 aromatic heterocycles. The summed E-state index contributed by atoms with van der Waals surface area (Å²) in [7, 11) is 0. The third-order valence-electron chi connectivity index (χ3n) is 3.65. The molecule has 0 saturated heterocycles. The van der Waals surface area contributed by atoms with Crippen LogP contribution >= 0.6 is 12.4 Å². The van der Waals surface area contributed by atoms with Crippen molar-refractivity contribution in [2.75, 3.05) is 13.1 Å². The quantitative estimate of drug-likeness (QED) is 0.694. The van der Waals surface area contributed by atoms with Gasteiger partial charge in [0.15, 0.2) is 0 Å². The van der Waals surface area contributed by atoms with E-state index >= 15 is 0 Å². The van der Waals surface area contributed by atoms with Gasteiger partial charge in [0.25, 0.3) is 0 Å². The molecule has 0 unspecified atom stereocenters. The van der Waals surface area contributed by atoms with Crippen LogP contribution in [0.3, 0.4) is 0 Å². The average Bonchev–Trinajstić information content (AvgIpc) is 2.25. The fraction of sp³-hybridized carbons (Fsp3) is 0.923. The van der Waals surface area contributed by atoms with Gasteiger partial charge in [-0.3, -0.25) is 4.79 Å². The van der Waals surface area contributed by atoms with Gasteiger partial charge in [0.1, 0.15) is 0 Å². The summed E-state index contributed by atoms with van der Waals surface area (Å²) in [4.78, 5) is 10.9. The van der Waals surface area contributed by atoms with Crippen molar-refractivity contribution in [1.29, 1.82) is 0 Å². The lowest BCUT2D eigenvalue weighted by Crippen LogP contribution is -2.38. The molecule has 3 nitrogen and oxygen atoms in total. The van der Waals surface area contributed by atoms with Gasteiger partial charge in [-0.15, -0.1) is 12.4 Å². The highest BCUT2D eigenvalue weighted by molar-refractivity contribution is 5.85. The number of carboxylic acids is 1.